The maximum absolute atomic E-state index is 4.08. The summed E-state index contributed by atoms with van der Waals surface area (Å²) in [6.07, 6.45) is 3.72. The van der Waals surface area contributed by atoms with E-state index < -0.39 is 0 Å². The van der Waals surface area contributed by atoms with Gasteiger partial charge in [-0.1, -0.05) is 0 Å². The van der Waals surface area contributed by atoms with E-state index in [2.05, 4.69) is 28.7 Å². The van der Waals surface area contributed by atoms with Crippen LogP contribution in [0.5, 0.6) is 0 Å². The van der Waals surface area contributed by atoms with Crippen molar-refractivity contribution < 1.29 is 0 Å². The summed E-state index contributed by atoms with van der Waals surface area (Å²) in [4.78, 5) is 5.49. The molecule has 2 aromatic heterocycles. The largest absolute Gasteiger partial charge is 0.337 e. The third-order valence-corrected chi connectivity index (χ3v) is 3.50. The summed E-state index contributed by atoms with van der Waals surface area (Å²) in [6, 6.07) is 2.16. The van der Waals surface area contributed by atoms with E-state index in [-0.39, 0.29) is 0 Å². The predicted molar refractivity (Wildman–Crippen MR) is 62.8 cm³/mol. The van der Waals surface area contributed by atoms with Crippen LogP contribution in [0.25, 0.3) is 0 Å². The van der Waals surface area contributed by atoms with Gasteiger partial charge in [0.25, 0.3) is 0 Å². The maximum atomic E-state index is 4.08. The zero-order valence-electron chi connectivity index (χ0n) is 9.03. The Morgan fingerprint density at radius 3 is 2.93 bits per heavy atom. The van der Waals surface area contributed by atoms with Gasteiger partial charge in [-0.15, -0.1) is 11.3 Å². The first-order chi connectivity index (χ1) is 7.27. The van der Waals surface area contributed by atoms with Crippen LogP contribution >= 0.6 is 11.3 Å². The van der Waals surface area contributed by atoms with Gasteiger partial charge in [-0.25, -0.2) is 4.98 Å². The van der Waals surface area contributed by atoms with Crippen molar-refractivity contribution in [3.05, 3.63) is 40.1 Å². The first-order valence-corrected chi connectivity index (χ1v) is 5.84. The van der Waals surface area contributed by atoms with Crippen molar-refractivity contribution >= 4 is 11.3 Å². The second-order valence-electron chi connectivity index (χ2n) is 3.63. The minimum atomic E-state index is 0.869. The minimum absolute atomic E-state index is 0.869. The number of aromatic nitrogens is 2. The smallest absolute Gasteiger partial charge is 0.0945 e. The van der Waals surface area contributed by atoms with Gasteiger partial charge in [0.2, 0.25) is 0 Å². The molecule has 15 heavy (non-hydrogen) atoms. The maximum Gasteiger partial charge on any atom is 0.0945 e. The van der Waals surface area contributed by atoms with Crippen molar-refractivity contribution in [2.45, 2.75) is 20.0 Å². The molecule has 0 atom stereocenters. The molecule has 3 nitrogen and oxygen atoms in total. The lowest BCUT2D eigenvalue weighted by molar-refractivity contribution is 0.659. The summed E-state index contributed by atoms with van der Waals surface area (Å²) in [7, 11) is 2.01. The molecule has 0 aliphatic heterocycles. The highest BCUT2D eigenvalue weighted by Gasteiger charge is 2.00. The molecule has 2 heterocycles. The number of hydrogen-bond donors (Lipinski definition) is 1. The number of aryl methyl sites for hydroxylation is 2. The Hall–Kier alpha value is -1.13. The number of hydrogen-bond acceptors (Lipinski definition) is 3. The molecule has 0 amide bonds. The van der Waals surface area contributed by atoms with Gasteiger partial charge < -0.3 is 9.88 Å². The molecule has 0 saturated heterocycles. The van der Waals surface area contributed by atoms with Crippen LogP contribution in [0.2, 0.25) is 0 Å². The van der Waals surface area contributed by atoms with E-state index in [9.17, 15) is 0 Å². The van der Waals surface area contributed by atoms with E-state index in [1.54, 1.807) is 11.3 Å². The van der Waals surface area contributed by atoms with E-state index in [0.717, 1.165) is 13.1 Å². The van der Waals surface area contributed by atoms with Crippen molar-refractivity contribution in [1.82, 2.24) is 14.9 Å². The fraction of sp³-hybridized carbons (Fsp3) is 0.364. The van der Waals surface area contributed by atoms with Crippen molar-refractivity contribution in [1.29, 1.82) is 0 Å². The monoisotopic (exact) mass is 221 g/mol. The van der Waals surface area contributed by atoms with Gasteiger partial charge in [-0.3, -0.25) is 0 Å². The Balaban J connectivity index is 1.86. The topological polar surface area (TPSA) is 29.9 Å². The molecule has 0 spiro atoms. The van der Waals surface area contributed by atoms with Gasteiger partial charge in [0.15, 0.2) is 0 Å². The number of nitrogens with one attached hydrogen (secondary N) is 1. The van der Waals surface area contributed by atoms with Crippen molar-refractivity contribution in [2.24, 2.45) is 7.05 Å². The Morgan fingerprint density at radius 1 is 1.47 bits per heavy atom. The molecule has 0 aliphatic carbocycles. The second kappa shape index (κ2) is 4.59. The molecular formula is C11H15N3S. The highest BCUT2D eigenvalue weighted by molar-refractivity contribution is 7.10. The summed E-state index contributed by atoms with van der Waals surface area (Å²) in [6.45, 7) is 3.96. The van der Waals surface area contributed by atoms with Crippen LogP contribution < -0.4 is 5.32 Å². The van der Waals surface area contributed by atoms with Crippen LogP contribution in [0.15, 0.2) is 24.0 Å². The highest BCUT2D eigenvalue weighted by atomic mass is 32.1. The molecule has 0 aromatic carbocycles. The molecule has 0 radical (unpaired) electrons. The van der Waals surface area contributed by atoms with Crippen LogP contribution in [0.1, 0.15) is 16.1 Å². The molecule has 0 fully saturated rings. The van der Waals surface area contributed by atoms with Crippen molar-refractivity contribution in [3.63, 3.8) is 0 Å². The summed E-state index contributed by atoms with van der Waals surface area (Å²) in [5, 5.41) is 5.56. The zero-order chi connectivity index (χ0) is 10.7. The van der Waals surface area contributed by atoms with E-state index >= 15 is 0 Å². The molecule has 1 N–H and O–H groups in total. The fourth-order valence-electron chi connectivity index (χ4n) is 1.44. The molecule has 2 aromatic rings. The van der Waals surface area contributed by atoms with Gasteiger partial charge in [0.05, 0.1) is 12.0 Å². The summed E-state index contributed by atoms with van der Waals surface area (Å²) >= 11 is 1.81. The van der Waals surface area contributed by atoms with Gasteiger partial charge in [0.1, 0.15) is 0 Å². The number of imidazole rings is 1. The van der Waals surface area contributed by atoms with Crippen LogP contribution in [0.3, 0.4) is 0 Å². The van der Waals surface area contributed by atoms with Gasteiger partial charge in [0, 0.05) is 31.2 Å². The summed E-state index contributed by atoms with van der Waals surface area (Å²) in [5.41, 5.74) is 2.58. The van der Waals surface area contributed by atoms with Gasteiger partial charge in [-0.05, 0) is 23.9 Å². The number of nitrogens with zero attached hydrogens (tertiary/aromatic N) is 2. The van der Waals surface area contributed by atoms with Crippen LogP contribution in [-0.4, -0.2) is 9.55 Å². The lowest BCUT2D eigenvalue weighted by Crippen LogP contribution is -2.14. The van der Waals surface area contributed by atoms with E-state index in [0.29, 0.717) is 0 Å². The highest BCUT2D eigenvalue weighted by Crippen LogP contribution is 2.14. The normalized spacial score (nSPS) is 10.8. The van der Waals surface area contributed by atoms with Crippen molar-refractivity contribution in [3.8, 4) is 0 Å². The van der Waals surface area contributed by atoms with Crippen LogP contribution in [0, 0.1) is 6.92 Å². The molecule has 0 saturated carbocycles. The molecular weight excluding hydrogens is 206 g/mol. The van der Waals surface area contributed by atoms with Gasteiger partial charge in [-0.2, -0.15) is 0 Å². The van der Waals surface area contributed by atoms with E-state index in [1.807, 2.05) is 24.1 Å². The lowest BCUT2D eigenvalue weighted by Gasteiger charge is -2.04. The van der Waals surface area contributed by atoms with E-state index in [1.165, 1.54) is 16.1 Å². The Kier molecular flexibility index (Phi) is 3.18. The Labute approximate surface area is 93.8 Å². The lowest BCUT2D eigenvalue weighted by atomic mass is 10.3. The third-order valence-electron chi connectivity index (χ3n) is 2.48. The molecule has 80 valence electrons. The molecule has 2 rings (SSSR count). The number of thiophene rings is 1. The SMILES string of the molecule is Cc1ccsc1CNCc1cncn1C. The minimum Gasteiger partial charge on any atom is -0.337 e. The average Bonchev–Trinajstić information content (AvgIpc) is 2.78. The first kappa shape index (κ1) is 10.4. The fourth-order valence-corrected chi connectivity index (χ4v) is 2.32. The Bertz CT molecular complexity index is 390. The quantitative estimate of drug-likeness (QED) is 0.856. The van der Waals surface area contributed by atoms with Gasteiger partial charge >= 0.3 is 0 Å². The number of rotatable bonds is 4. The van der Waals surface area contributed by atoms with Crippen molar-refractivity contribution in [2.75, 3.05) is 0 Å². The zero-order valence-corrected chi connectivity index (χ0v) is 9.84. The molecule has 0 unspecified atom stereocenters. The predicted octanol–water partition coefficient (Wildman–Crippen LogP) is 2.08. The third kappa shape index (κ3) is 2.46. The Morgan fingerprint density at radius 2 is 2.33 bits per heavy atom. The van der Waals surface area contributed by atoms with E-state index in [4.69, 9.17) is 0 Å². The molecule has 0 aliphatic rings. The summed E-state index contributed by atoms with van der Waals surface area (Å²) in [5.74, 6) is 0. The summed E-state index contributed by atoms with van der Waals surface area (Å²) < 4.78 is 2.04. The van der Waals surface area contributed by atoms with Crippen LogP contribution in [0.4, 0.5) is 0 Å². The van der Waals surface area contributed by atoms with Crippen LogP contribution in [-0.2, 0) is 20.1 Å². The first-order valence-electron chi connectivity index (χ1n) is 4.96. The molecule has 4 heteroatoms. The molecule has 0 bridgehead atoms. The standard InChI is InChI=1S/C11H15N3S/c1-9-3-4-15-11(9)7-12-5-10-6-13-8-14(10)2/h3-4,6,8,12H,5,7H2,1-2H3. The second-order valence-corrected chi connectivity index (χ2v) is 4.63. The average molecular weight is 221 g/mol.